The first-order chi connectivity index (χ1) is 15.3. The van der Waals surface area contributed by atoms with Gasteiger partial charge >= 0.3 is 6.09 Å². The van der Waals surface area contributed by atoms with Gasteiger partial charge in [-0.1, -0.05) is 16.4 Å². The predicted octanol–water partition coefficient (Wildman–Crippen LogP) is 3.20. The van der Waals surface area contributed by atoms with E-state index in [2.05, 4.69) is 26.5 Å². The summed E-state index contributed by atoms with van der Waals surface area (Å²) in [5.74, 6) is 0.709. The fourth-order valence-corrected chi connectivity index (χ4v) is 4.39. The Morgan fingerprint density at radius 3 is 2.84 bits per heavy atom. The normalized spacial score (nSPS) is 19.4. The number of carbonyl (C=O) groups excluding carboxylic acids is 1. The Morgan fingerprint density at radius 2 is 2.06 bits per heavy atom. The van der Waals surface area contributed by atoms with Crippen molar-refractivity contribution in [2.75, 3.05) is 4.90 Å². The standard InChI is InChI=1S/C22H18N6O3/c29-22-28-18-4-1-14(15-2-6-21(23-13-15)27-9-8-24-26-27)11-16(18)12-19(28)20(31-22)5-3-17-7-10-30-25-17/h1-2,4,6-11,13,19-20H,3,5,12H2/t19-,20-/m0/s1. The molecule has 154 valence electrons. The van der Waals surface area contributed by atoms with E-state index in [1.54, 1.807) is 28.2 Å². The zero-order chi connectivity index (χ0) is 20.8. The van der Waals surface area contributed by atoms with Crippen LogP contribution in [0.5, 0.6) is 0 Å². The summed E-state index contributed by atoms with van der Waals surface area (Å²) in [4.78, 5) is 18.8. The Hall–Kier alpha value is -4.01. The lowest BCUT2D eigenvalue weighted by Crippen LogP contribution is -2.33. The van der Waals surface area contributed by atoms with E-state index < -0.39 is 0 Å². The van der Waals surface area contributed by atoms with Crippen molar-refractivity contribution in [1.82, 2.24) is 25.1 Å². The van der Waals surface area contributed by atoms with Gasteiger partial charge in [-0.2, -0.15) is 0 Å². The van der Waals surface area contributed by atoms with E-state index in [-0.39, 0.29) is 18.2 Å². The molecular weight excluding hydrogens is 396 g/mol. The number of aryl methyl sites for hydroxylation is 1. The monoisotopic (exact) mass is 414 g/mol. The minimum absolute atomic E-state index is 0.0115. The molecule has 0 saturated carbocycles. The number of amides is 1. The Balaban J connectivity index is 1.23. The lowest BCUT2D eigenvalue weighted by Gasteiger charge is -2.16. The summed E-state index contributed by atoms with van der Waals surface area (Å²) in [6.45, 7) is 0. The molecular formula is C22H18N6O3. The Labute approximate surface area is 177 Å². The summed E-state index contributed by atoms with van der Waals surface area (Å²) in [6.07, 6.45) is 8.51. The molecule has 5 heterocycles. The van der Waals surface area contributed by atoms with E-state index in [4.69, 9.17) is 9.26 Å². The van der Waals surface area contributed by atoms with E-state index in [0.717, 1.165) is 34.5 Å². The summed E-state index contributed by atoms with van der Waals surface area (Å²) >= 11 is 0. The maximum absolute atomic E-state index is 12.5. The van der Waals surface area contributed by atoms with E-state index in [0.29, 0.717) is 18.7 Å². The number of nitrogens with zero attached hydrogens (tertiary/aromatic N) is 6. The fourth-order valence-electron chi connectivity index (χ4n) is 4.39. The Morgan fingerprint density at radius 1 is 1.13 bits per heavy atom. The van der Waals surface area contributed by atoms with Crippen LogP contribution in [0.15, 0.2) is 65.8 Å². The number of hydrogen-bond donors (Lipinski definition) is 0. The quantitative estimate of drug-likeness (QED) is 0.494. The topological polar surface area (TPSA) is 99.2 Å². The SMILES string of the molecule is O=C1O[C@@H](CCc2ccon2)[C@@H]2Cc3cc(-c4ccc(-n5ccnn5)nc4)ccc3N12. The highest BCUT2D eigenvalue weighted by Gasteiger charge is 2.47. The average molecular weight is 414 g/mol. The van der Waals surface area contributed by atoms with Crippen LogP contribution in [-0.2, 0) is 17.6 Å². The van der Waals surface area contributed by atoms with Crippen LogP contribution in [-0.4, -0.2) is 43.4 Å². The number of hydrogen-bond acceptors (Lipinski definition) is 7. The molecule has 0 N–H and O–H groups in total. The molecule has 0 unspecified atom stereocenters. The highest BCUT2D eigenvalue weighted by molar-refractivity contribution is 5.94. The van der Waals surface area contributed by atoms with Crippen molar-refractivity contribution in [1.29, 1.82) is 0 Å². The molecule has 2 aliphatic heterocycles. The van der Waals surface area contributed by atoms with Crippen molar-refractivity contribution >= 4 is 11.8 Å². The zero-order valence-corrected chi connectivity index (χ0v) is 16.5. The van der Waals surface area contributed by atoms with Gasteiger partial charge in [-0.3, -0.25) is 4.90 Å². The maximum Gasteiger partial charge on any atom is 0.415 e. The number of pyridine rings is 1. The summed E-state index contributed by atoms with van der Waals surface area (Å²) in [6, 6.07) is 11.9. The first kappa shape index (κ1) is 17.8. The number of fused-ring (bicyclic) bond motifs is 3. The summed E-state index contributed by atoms with van der Waals surface area (Å²) in [5, 5.41) is 11.7. The van der Waals surface area contributed by atoms with Gasteiger partial charge in [0.05, 0.1) is 29.8 Å². The zero-order valence-electron chi connectivity index (χ0n) is 16.5. The van der Waals surface area contributed by atoms with Gasteiger partial charge in [-0.25, -0.2) is 14.5 Å². The van der Waals surface area contributed by atoms with Gasteiger partial charge in [0.25, 0.3) is 0 Å². The van der Waals surface area contributed by atoms with Crippen LogP contribution in [0.1, 0.15) is 17.7 Å². The largest absolute Gasteiger partial charge is 0.444 e. The number of cyclic esters (lactones) is 1. The molecule has 0 spiro atoms. The van der Waals surface area contributed by atoms with Crippen LogP contribution in [0.4, 0.5) is 10.5 Å². The van der Waals surface area contributed by atoms with Crippen LogP contribution in [0, 0.1) is 0 Å². The number of aromatic nitrogens is 5. The molecule has 6 rings (SSSR count). The average Bonchev–Trinajstić information content (AvgIpc) is 3.58. The summed E-state index contributed by atoms with van der Waals surface area (Å²) in [5.41, 5.74) is 5.00. The van der Waals surface area contributed by atoms with E-state index >= 15 is 0 Å². The van der Waals surface area contributed by atoms with Crippen molar-refractivity contribution < 1.29 is 14.1 Å². The maximum atomic E-state index is 12.5. The second-order valence-corrected chi connectivity index (χ2v) is 7.69. The molecule has 9 heteroatoms. The number of carbonyl (C=O) groups is 1. The molecule has 1 aromatic carbocycles. The lowest BCUT2D eigenvalue weighted by atomic mass is 9.99. The molecule has 1 amide bonds. The first-order valence-electron chi connectivity index (χ1n) is 10.1. The molecule has 0 radical (unpaired) electrons. The van der Waals surface area contributed by atoms with Gasteiger partial charge in [0.2, 0.25) is 0 Å². The molecule has 4 aromatic rings. The molecule has 1 fully saturated rings. The Kier molecular flexibility index (Phi) is 4.05. The van der Waals surface area contributed by atoms with Crippen LogP contribution < -0.4 is 4.90 Å². The molecule has 9 nitrogen and oxygen atoms in total. The summed E-state index contributed by atoms with van der Waals surface area (Å²) in [7, 11) is 0. The smallest absolute Gasteiger partial charge is 0.415 e. The number of ether oxygens (including phenoxy) is 1. The first-order valence-corrected chi connectivity index (χ1v) is 10.1. The summed E-state index contributed by atoms with van der Waals surface area (Å²) < 4.78 is 12.2. The number of rotatable bonds is 5. The van der Waals surface area contributed by atoms with Crippen LogP contribution in [0.3, 0.4) is 0 Å². The van der Waals surface area contributed by atoms with Gasteiger partial charge in [-0.15, -0.1) is 5.10 Å². The van der Waals surface area contributed by atoms with Gasteiger partial charge in [0.15, 0.2) is 5.82 Å². The highest BCUT2D eigenvalue weighted by Crippen LogP contribution is 2.41. The fraction of sp³-hybridized carbons (Fsp3) is 0.227. The van der Waals surface area contributed by atoms with Gasteiger partial charge in [-0.05, 0) is 54.7 Å². The van der Waals surface area contributed by atoms with Crippen molar-refractivity contribution in [3.05, 3.63) is 72.5 Å². The van der Waals surface area contributed by atoms with Crippen LogP contribution >= 0.6 is 0 Å². The highest BCUT2D eigenvalue weighted by atomic mass is 16.6. The third kappa shape index (κ3) is 3.05. The van der Waals surface area contributed by atoms with Crippen molar-refractivity contribution in [3.8, 4) is 16.9 Å². The minimum Gasteiger partial charge on any atom is -0.444 e. The molecule has 3 aromatic heterocycles. The second kappa shape index (κ2) is 7.05. The van der Waals surface area contributed by atoms with Gasteiger partial charge in [0, 0.05) is 17.8 Å². The Bertz CT molecular complexity index is 1220. The molecule has 1 saturated heterocycles. The molecule has 2 aliphatic rings. The molecule has 31 heavy (non-hydrogen) atoms. The van der Waals surface area contributed by atoms with Gasteiger partial charge in [0.1, 0.15) is 12.4 Å². The van der Waals surface area contributed by atoms with Crippen molar-refractivity contribution in [2.24, 2.45) is 0 Å². The number of anilines is 1. The molecule has 0 bridgehead atoms. The van der Waals surface area contributed by atoms with E-state index in [1.165, 1.54) is 0 Å². The third-order valence-corrected chi connectivity index (χ3v) is 5.89. The van der Waals surface area contributed by atoms with Gasteiger partial charge < -0.3 is 9.26 Å². The minimum atomic E-state index is -0.277. The molecule has 0 aliphatic carbocycles. The van der Waals surface area contributed by atoms with Crippen molar-refractivity contribution in [2.45, 2.75) is 31.4 Å². The van der Waals surface area contributed by atoms with Crippen molar-refractivity contribution in [3.63, 3.8) is 0 Å². The lowest BCUT2D eigenvalue weighted by molar-refractivity contribution is 0.125. The number of benzene rings is 1. The van der Waals surface area contributed by atoms with E-state index in [9.17, 15) is 4.79 Å². The second-order valence-electron chi connectivity index (χ2n) is 7.69. The third-order valence-electron chi connectivity index (χ3n) is 5.89. The molecule has 2 atom stereocenters. The van der Waals surface area contributed by atoms with E-state index in [1.807, 2.05) is 36.5 Å². The van der Waals surface area contributed by atoms with Crippen LogP contribution in [0.25, 0.3) is 16.9 Å². The van der Waals surface area contributed by atoms with Crippen LogP contribution in [0.2, 0.25) is 0 Å². The predicted molar refractivity (Wildman–Crippen MR) is 110 cm³/mol.